The Hall–Kier alpha value is -0.460. The third-order valence-electron chi connectivity index (χ3n) is 3.07. The number of nitrogens with zero attached hydrogens (tertiary/aromatic N) is 2. The first kappa shape index (κ1) is 13.0. The van der Waals surface area contributed by atoms with E-state index in [4.69, 9.17) is 10.5 Å². The van der Waals surface area contributed by atoms with Gasteiger partial charge in [-0.2, -0.15) is 4.37 Å². The van der Waals surface area contributed by atoms with Gasteiger partial charge in [0.25, 0.3) is 0 Å². The average molecular weight is 273 g/mol. The summed E-state index contributed by atoms with van der Waals surface area (Å²) in [5.41, 5.74) is 5.88. The number of aromatic nitrogens is 1. The summed E-state index contributed by atoms with van der Waals surface area (Å²) in [6, 6.07) is 0. The second-order valence-corrected chi connectivity index (χ2v) is 5.88. The minimum Gasteiger partial charge on any atom is -0.384 e. The molecule has 1 aliphatic rings. The SMILES string of the molecule is COCC1CCCN(c2snc(N)c2SC)C1. The number of methoxy groups -OCH3 is 1. The van der Waals surface area contributed by atoms with E-state index in [1.54, 1.807) is 18.9 Å². The van der Waals surface area contributed by atoms with Crippen LogP contribution in [0.5, 0.6) is 0 Å². The molecule has 1 aliphatic heterocycles. The number of nitrogens with two attached hydrogens (primary N) is 1. The molecule has 96 valence electrons. The topological polar surface area (TPSA) is 51.4 Å². The van der Waals surface area contributed by atoms with Crippen molar-refractivity contribution >= 4 is 34.1 Å². The van der Waals surface area contributed by atoms with Crippen molar-refractivity contribution in [3.63, 3.8) is 0 Å². The number of nitrogen functional groups attached to an aromatic ring is 1. The largest absolute Gasteiger partial charge is 0.384 e. The van der Waals surface area contributed by atoms with Crippen LogP contribution in [0.15, 0.2) is 4.90 Å². The molecule has 0 spiro atoms. The molecule has 6 heteroatoms. The smallest absolute Gasteiger partial charge is 0.153 e. The molecule has 1 atom stereocenters. The fourth-order valence-corrected chi connectivity index (χ4v) is 4.02. The Morgan fingerprint density at radius 2 is 2.47 bits per heavy atom. The first-order valence-corrected chi connectivity index (χ1v) is 7.79. The lowest BCUT2D eigenvalue weighted by Crippen LogP contribution is -2.36. The first-order valence-electron chi connectivity index (χ1n) is 5.79. The predicted octanol–water partition coefficient (Wildman–Crippen LogP) is 2.31. The lowest BCUT2D eigenvalue weighted by atomic mass is 9.99. The standard InChI is InChI=1S/C11H19N3OS2/c1-15-7-8-4-3-5-14(6-8)11-9(16-2)10(12)13-17-11/h8H,3-7H2,1-2H3,(H2,12,13). The maximum Gasteiger partial charge on any atom is 0.153 e. The lowest BCUT2D eigenvalue weighted by Gasteiger charge is -2.33. The van der Waals surface area contributed by atoms with Gasteiger partial charge in [-0.15, -0.1) is 11.8 Å². The Kier molecular flexibility index (Phi) is 4.53. The van der Waals surface area contributed by atoms with Gasteiger partial charge in [-0.3, -0.25) is 0 Å². The van der Waals surface area contributed by atoms with Crippen molar-refractivity contribution in [2.75, 3.05) is 43.7 Å². The molecule has 0 saturated carbocycles. The molecule has 0 aliphatic carbocycles. The van der Waals surface area contributed by atoms with E-state index < -0.39 is 0 Å². The van der Waals surface area contributed by atoms with Gasteiger partial charge in [0.1, 0.15) is 5.00 Å². The fraction of sp³-hybridized carbons (Fsp3) is 0.727. The Balaban J connectivity index is 2.10. The number of hydrogen-bond acceptors (Lipinski definition) is 6. The number of rotatable bonds is 4. The zero-order chi connectivity index (χ0) is 12.3. The van der Waals surface area contributed by atoms with Gasteiger partial charge in [-0.25, -0.2) is 0 Å². The van der Waals surface area contributed by atoms with E-state index in [0.29, 0.717) is 11.7 Å². The van der Waals surface area contributed by atoms with E-state index in [9.17, 15) is 0 Å². The molecule has 1 aromatic heterocycles. The highest BCUT2D eigenvalue weighted by Gasteiger charge is 2.24. The van der Waals surface area contributed by atoms with Crippen LogP contribution in [0.2, 0.25) is 0 Å². The highest BCUT2D eigenvalue weighted by Crippen LogP contribution is 2.39. The van der Waals surface area contributed by atoms with Crippen LogP contribution in [-0.4, -0.2) is 37.4 Å². The zero-order valence-electron chi connectivity index (χ0n) is 10.3. The summed E-state index contributed by atoms with van der Waals surface area (Å²) in [4.78, 5) is 3.54. The minimum atomic E-state index is 0.631. The molecule has 1 unspecified atom stereocenters. The van der Waals surface area contributed by atoms with Gasteiger partial charge in [0.15, 0.2) is 5.82 Å². The van der Waals surface area contributed by atoms with Crippen LogP contribution in [-0.2, 0) is 4.74 Å². The van der Waals surface area contributed by atoms with Crippen molar-refractivity contribution in [1.82, 2.24) is 4.37 Å². The van der Waals surface area contributed by atoms with E-state index in [1.807, 2.05) is 0 Å². The van der Waals surface area contributed by atoms with Gasteiger partial charge in [0.05, 0.1) is 11.5 Å². The highest BCUT2D eigenvalue weighted by molar-refractivity contribution is 7.99. The quantitative estimate of drug-likeness (QED) is 0.853. The van der Waals surface area contributed by atoms with Crippen LogP contribution in [0.25, 0.3) is 0 Å². The number of hydrogen-bond donors (Lipinski definition) is 1. The van der Waals surface area contributed by atoms with Crippen molar-refractivity contribution in [2.45, 2.75) is 17.7 Å². The van der Waals surface area contributed by atoms with Crippen LogP contribution in [0.3, 0.4) is 0 Å². The Bertz CT molecular complexity index is 368. The van der Waals surface area contributed by atoms with E-state index in [2.05, 4.69) is 15.5 Å². The van der Waals surface area contributed by atoms with Gasteiger partial charge < -0.3 is 15.4 Å². The lowest BCUT2D eigenvalue weighted by molar-refractivity contribution is 0.143. The Morgan fingerprint density at radius 1 is 1.65 bits per heavy atom. The van der Waals surface area contributed by atoms with Crippen LogP contribution in [0.4, 0.5) is 10.8 Å². The second-order valence-electron chi connectivity index (χ2n) is 4.32. The maximum absolute atomic E-state index is 5.88. The number of anilines is 2. The molecule has 17 heavy (non-hydrogen) atoms. The molecule has 1 aromatic rings. The van der Waals surface area contributed by atoms with E-state index in [0.717, 1.165) is 24.6 Å². The van der Waals surface area contributed by atoms with Crippen molar-refractivity contribution in [1.29, 1.82) is 0 Å². The van der Waals surface area contributed by atoms with E-state index in [-0.39, 0.29) is 0 Å². The van der Waals surface area contributed by atoms with Gasteiger partial charge in [-0.1, -0.05) is 0 Å². The monoisotopic (exact) mass is 273 g/mol. The molecule has 2 heterocycles. The number of piperidine rings is 1. The van der Waals surface area contributed by atoms with Gasteiger partial charge in [0.2, 0.25) is 0 Å². The summed E-state index contributed by atoms with van der Waals surface area (Å²) >= 11 is 3.20. The zero-order valence-corrected chi connectivity index (χ0v) is 11.9. The summed E-state index contributed by atoms with van der Waals surface area (Å²) in [6.07, 6.45) is 4.53. The van der Waals surface area contributed by atoms with Crippen molar-refractivity contribution in [3.8, 4) is 0 Å². The molecule has 0 radical (unpaired) electrons. The van der Waals surface area contributed by atoms with Crippen LogP contribution >= 0.6 is 23.3 Å². The molecular weight excluding hydrogens is 254 g/mol. The van der Waals surface area contributed by atoms with Crippen LogP contribution in [0.1, 0.15) is 12.8 Å². The summed E-state index contributed by atoms with van der Waals surface area (Å²) < 4.78 is 9.52. The molecule has 0 bridgehead atoms. The predicted molar refractivity (Wildman–Crippen MR) is 75.1 cm³/mol. The minimum absolute atomic E-state index is 0.631. The third kappa shape index (κ3) is 2.86. The third-order valence-corrected chi connectivity index (χ3v) is 4.93. The average Bonchev–Trinajstić information content (AvgIpc) is 2.71. The van der Waals surface area contributed by atoms with Crippen molar-refractivity contribution in [3.05, 3.63) is 0 Å². The Labute approximate surface area is 111 Å². The van der Waals surface area contributed by atoms with E-state index >= 15 is 0 Å². The highest BCUT2D eigenvalue weighted by atomic mass is 32.2. The summed E-state index contributed by atoms with van der Waals surface area (Å²) in [6.45, 7) is 3.01. The summed E-state index contributed by atoms with van der Waals surface area (Å²) in [7, 11) is 1.77. The summed E-state index contributed by atoms with van der Waals surface area (Å²) in [5.74, 6) is 1.30. The molecule has 4 nitrogen and oxygen atoms in total. The first-order chi connectivity index (χ1) is 8.26. The summed E-state index contributed by atoms with van der Waals surface area (Å²) in [5, 5.41) is 1.23. The van der Waals surface area contributed by atoms with Crippen molar-refractivity contribution < 1.29 is 4.74 Å². The van der Waals surface area contributed by atoms with Gasteiger partial charge >= 0.3 is 0 Å². The molecule has 0 aromatic carbocycles. The maximum atomic E-state index is 5.88. The molecule has 2 rings (SSSR count). The molecule has 0 amide bonds. The second kappa shape index (κ2) is 5.93. The van der Waals surface area contributed by atoms with Crippen LogP contribution in [0, 0.1) is 5.92 Å². The van der Waals surface area contributed by atoms with Gasteiger partial charge in [0, 0.05) is 20.2 Å². The molecular formula is C11H19N3OS2. The fourth-order valence-electron chi connectivity index (χ4n) is 2.30. The van der Waals surface area contributed by atoms with Crippen LogP contribution < -0.4 is 10.6 Å². The van der Waals surface area contributed by atoms with Crippen molar-refractivity contribution in [2.24, 2.45) is 5.92 Å². The number of ether oxygens (including phenoxy) is 1. The van der Waals surface area contributed by atoms with E-state index in [1.165, 1.54) is 29.4 Å². The molecule has 2 N–H and O–H groups in total. The Morgan fingerprint density at radius 3 is 3.18 bits per heavy atom. The number of thioether (sulfide) groups is 1. The molecule has 1 fully saturated rings. The normalized spacial score (nSPS) is 20.8. The molecule has 1 saturated heterocycles. The van der Waals surface area contributed by atoms with Gasteiger partial charge in [-0.05, 0) is 36.5 Å².